The van der Waals surface area contributed by atoms with Crippen molar-refractivity contribution in [3.63, 3.8) is 0 Å². The number of aromatic carboxylic acids is 1. The highest BCUT2D eigenvalue weighted by atomic mass is 19.4. The Balaban J connectivity index is 2.58. The third-order valence-electron chi connectivity index (χ3n) is 2.60. The maximum atomic E-state index is 12.7. The van der Waals surface area contributed by atoms with E-state index >= 15 is 0 Å². The number of halogens is 3. The molecule has 2 aromatic heterocycles. The lowest BCUT2D eigenvalue weighted by atomic mass is 10.3. The molecular formula is C11H10F3N3O3. The van der Waals surface area contributed by atoms with E-state index in [0.29, 0.717) is 12.1 Å². The van der Waals surface area contributed by atoms with Crippen LogP contribution in [0.1, 0.15) is 28.9 Å². The largest absolute Gasteiger partial charge is 0.475 e. The lowest BCUT2D eigenvalue weighted by Gasteiger charge is -2.00. The average Bonchev–Trinajstić information content (AvgIpc) is 2.91. The number of hydrogen-bond acceptors (Lipinski definition) is 4. The SMILES string of the molecule is CCc1cc(-c2nc(C(F)(F)F)c(C(=O)O)o2)n(C)n1. The van der Waals surface area contributed by atoms with Crippen molar-refractivity contribution in [1.29, 1.82) is 0 Å². The first-order valence-electron chi connectivity index (χ1n) is 5.58. The maximum Gasteiger partial charge on any atom is 0.437 e. The summed E-state index contributed by atoms with van der Waals surface area (Å²) in [4.78, 5) is 14.1. The third-order valence-corrected chi connectivity index (χ3v) is 2.60. The Hall–Kier alpha value is -2.32. The van der Waals surface area contributed by atoms with Gasteiger partial charge in [0.25, 0.3) is 0 Å². The second-order valence-electron chi connectivity index (χ2n) is 4.00. The lowest BCUT2D eigenvalue weighted by molar-refractivity contribution is -0.141. The molecule has 6 nitrogen and oxygen atoms in total. The molecule has 108 valence electrons. The van der Waals surface area contributed by atoms with Gasteiger partial charge < -0.3 is 9.52 Å². The number of aryl methyl sites for hydroxylation is 2. The van der Waals surface area contributed by atoms with Gasteiger partial charge in [-0.25, -0.2) is 9.78 Å². The van der Waals surface area contributed by atoms with Gasteiger partial charge in [0.2, 0.25) is 11.7 Å². The highest BCUT2D eigenvalue weighted by Crippen LogP contribution is 2.34. The number of nitrogens with zero attached hydrogens (tertiary/aromatic N) is 3. The molecule has 9 heteroatoms. The predicted octanol–water partition coefficient (Wildman–Crippen LogP) is 2.35. The molecule has 2 rings (SSSR count). The molecule has 2 heterocycles. The summed E-state index contributed by atoms with van der Waals surface area (Å²) in [6, 6.07) is 1.50. The molecule has 0 aliphatic rings. The van der Waals surface area contributed by atoms with Crippen molar-refractivity contribution >= 4 is 5.97 Å². The molecule has 20 heavy (non-hydrogen) atoms. The van der Waals surface area contributed by atoms with Crippen molar-refractivity contribution in [2.24, 2.45) is 7.05 Å². The highest BCUT2D eigenvalue weighted by molar-refractivity contribution is 5.86. The minimum atomic E-state index is -4.90. The van der Waals surface area contributed by atoms with Crippen LogP contribution in [0.4, 0.5) is 13.2 Å². The number of alkyl halides is 3. The van der Waals surface area contributed by atoms with Crippen LogP contribution < -0.4 is 0 Å². The molecule has 0 saturated carbocycles. The van der Waals surface area contributed by atoms with Crippen molar-refractivity contribution in [2.45, 2.75) is 19.5 Å². The summed E-state index contributed by atoms with van der Waals surface area (Å²) >= 11 is 0. The summed E-state index contributed by atoms with van der Waals surface area (Å²) in [5.41, 5.74) is -0.745. The van der Waals surface area contributed by atoms with Crippen molar-refractivity contribution in [2.75, 3.05) is 0 Å². The van der Waals surface area contributed by atoms with Gasteiger partial charge in [0, 0.05) is 7.05 Å². The molecule has 2 aromatic rings. The zero-order chi connectivity index (χ0) is 15.1. The van der Waals surface area contributed by atoms with E-state index in [1.54, 1.807) is 0 Å². The number of rotatable bonds is 3. The van der Waals surface area contributed by atoms with Gasteiger partial charge in [-0.05, 0) is 12.5 Å². The summed E-state index contributed by atoms with van der Waals surface area (Å²) in [6.07, 6.45) is -4.33. The summed E-state index contributed by atoms with van der Waals surface area (Å²) in [5.74, 6) is -3.48. The summed E-state index contributed by atoms with van der Waals surface area (Å²) in [5, 5.41) is 12.8. The van der Waals surface area contributed by atoms with Gasteiger partial charge in [0.05, 0.1) is 5.69 Å². The lowest BCUT2D eigenvalue weighted by Crippen LogP contribution is -2.11. The van der Waals surface area contributed by atoms with Crippen LogP contribution in [0.15, 0.2) is 10.5 Å². The first-order valence-corrected chi connectivity index (χ1v) is 5.58. The van der Waals surface area contributed by atoms with Gasteiger partial charge >= 0.3 is 12.1 Å². The predicted molar refractivity (Wildman–Crippen MR) is 60.0 cm³/mol. The minimum absolute atomic E-state index is 0.180. The van der Waals surface area contributed by atoms with Gasteiger partial charge in [-0.15, -0.1) is 0 Å². The fourth-order valence-electron chi connectivity index (χ4n) is 1.67. The fourth-order valence-corrected chi connectivity index (χ4v) is 1.67. The van der Waals surface area contributed by atoms with Crippen molar-refractivity contribution in [1.82, 2.24) is 14.8 Å². The van der Waals surface area contributed by atoms with Crippen LogP contribution in [0.5, 0.6) is 0 Å². The van der Waals surface area contributed by atoms with E-state index in [9.17, 15) is 18.0 Å². The number of oxazole rings is 1. The van der Waals surface area contributed by atoms with Crippen LogP contribution in [0.25, 0.3) is 11.6 Å². The molecule has 0 bridgehead atoms. The van der Waals surface area contributed by atoms with Crippen LogP contribution in [-0.4, -0.2) is 25.8 Å². The molecule has 0 atom stereocenters. The first kappa shape index (κ1) is 14.1. The van der Waals surface area contributed by atoms with Gasteiger partial charge in [0.15, 0.2) is 5.69 Å². The van der Waals surface area contributed by atoms with Crippen molar-refractivity contribution in [3.05, 3.63) is 23.2 Å². The second-order valence-corrected chi connectivity index (χ2v) is 4.00. The number of hydrogen-bond donors (Lipinski definition) is 1. The molecule has 0 spiro atoms. The molecule has 1 N–H and O–H groups in total. The molecular weight excluding hydrogens is 279 g/mol. The van der Waals surface area contributed by atoms with Crippen LogP contribution >= 0.6 is 0 Å². The molecule has 0 aliphatic carbocycles. The van der Waals surface area contributed by atoms with E-state index in [2.05, 4.69) is 10.1 Å². The molecule has 0 saturated heterocycles. The van der Waals surface area contributed by atoms with E-state index in [4.69, 9.17) is 9.52 Å². The quantitative estimate of drug-likeness (QED) is 0.938. The van der Waals surface area contributed by atoms with Crippen LogP contribution in [0.3, 0.4) is 0 Å². The van der Waals surface area contributed by atoms with E-state index in [1.165, 1.54) is 17.8 Å². The minimum Gasteiger partial charge on any atom is -0.475 e. The Bertz CT molecular complexity index is 658. The number of aromatic nitrogens is 3. The van der Waals surface area contributed by atoms with Crippen LogP contribution in [-0.2, 0) is 19.6 Å². The highest BCUT2D eigenvalue weighted by Gasteiger charge is 2.41. The van der Waals surface area contributed by atoms with Gasteiger partial charge in [-0.1, -0.05) is 6.92 Å². The Kier molecular flexibility index (Phi) is 3.28. The zero-order valence-corrected chi connectivity index (χ0v) is 10.5. The normalized spacial score (nSPS) is 11.8. The van der Waals surface area contributed by atoms with E-state index in [0.717, 1.165) is 0 Å². The molecule has 0 amide bonds. The van der Waals surface area contributed by atoms with Crippen LogP contribution in [0, 0.1) is 0 Å². The third kappa shape index (κ3) is 2.38. The number of carboxylic acids is 1. The Labute approximate surface area is 110 Å². The molecule has 0 unspecified atom stereocenters. The first-order chi connectivity index (χ1) is 9.24. The molecule has 0 radical (unpaired) electrons. The number of carbonyl (C=O) groups is 1. The van der Waals surface area contributed by atoms with Crippen molar-refractivity contribution < 1.29 is 27.5 Å². The molecule has 0 aliphatic heterocycles. The second kappa shape index (κ2) is 4.66. The van der Waals surface area contributed by atoms with Crippen LogP contribution in [0.2, 0.25) is 0 Å². The molecule has 0 aromatic carbocycles. The Morgan fingerprint density at radius 1 is 1.50 bits per heavy atom. The topological polar surface area (TPSA) is 81.1 Å². The summed E-state index contributed by atoms with van der Waals surface area (Å²) in [6.45, 7) is 1.82. The van der Waals surface area contributed by atoms with Crippen molar-refractivity contribution in [3.8, 4) is 11.6 Å². The van der Waals surface area contributed by atoms with Gasteiger partial charge in [-0.2, -0.15) is 18.3 Å². The maximum absolute atomic E-state index is 12.7. The van der Waals surface area contributed by atoms with Gasteiger partial charge in [0.1, 0.15) is 5.69 Å². The summed E-state index contributed by atoms with van der Waals surface area (Å²) < 4.78 is 44.1. The van der Waals surface area contributed by atoms with E-state index < -0.39 is 29.5 Å². The standard InChI is InChI=1S/C11H10F3N3O3/c1-3-5-4-6(17(2)16-5)9-15-8(11(12,13)14)7(20-9)10(18)19/h4H,3H2,1-2H3,(H,18,19). The zero-order valence-electron chi connectivity index (χ0n) is 10.5. The average molecular weight is 289 g/mol. The summed E-state index contributed by atoms with van der Waals surface area (Å²) in [7, 11) is 1.51. The molecule has 0 fully saturated rings. The number of carboxylic acid groups (broad SMARTS) is 1. The Morgan fingerprint density at radius 3 is 2.55 bits per heavy atom. The fraction of sp³-hybridized carbons (Fsp3) is 0.364. The monoisotopic (exact) mass is 289 g/mol. The smallest absolute Gasteiger partial charge is 0.437 e. The van der Waals surface area contributed by atoms with E-state index in [-0.39, 0.29) is 5.69 Å². The van der Waals surface area contributed by atoms with E-state index in [1.807, 2.05) is 6.92 Å². The van der Waals surface area contributed by atoms with Gasteiger partial charge in [-0.3, -0.25) is 4.68 Å². The Morgan fingerprint density at radius 2 is 2.15 bits per heavy atom.